The molecular weight excluding hydrogens is 380 g/mol. The van der Waals surface area contributed by atoms with Crippen molar-refractivity contribution in [2.45, 2.75) is 26.2 Å². The monoisotopic (exact) mass is 402 g/mol. The number of halogens is 1. The van der Waals surface area contributed by atoms with Crippen molar-refractivity contribution in [2.24, 2.45) is 0 Å². The molecule has 3 rings (SSSR count). The number of nitrogens with one attached hydrogen (secondary N) is 1. The van der Waals surface area contributed by atoms with E-state index in [0.29, 0.717) is 53.0 Å². The van der Waals surface area contributed by atoms with Gasteiger partial charge in [0.15, 0.2) is 11.5 Å². The van der Waals surface area contributed by atoms with Crippen LogP contribution in [-0.2, 0) is 4.79 Å². The Morgan fingerprint density at radius 1 is 1.29 bits per heavy atom. The van der Waals surface area contributed by atoms with Crippen LogP contribution in [0.25, 0.3) is 0 Å². The summed E-state index contributed by atoms with van der Waals surface area (Å²) in [5.74, 6) is 0.532. The largest absolute Gasteiger partial charge is 0.493 e. The maximum Gasteiger partial charge on any atom is 0.255 e. The zero-order chi connectivity index (χ0) is 20.1. The normalized spacial score (nSPS) is 13.5. The molecule has 0 saturated carbocycles. The second-order valence-corrected chi connectivity index (χ2v) is 6.87. The van der Waals surface area contributed by atoms with Crippen LogP contribution in [0.4, 0.5) is 11.4 Å². The van der Waals surface area contributed by atoms with Crippen molar-refractivity contribution in [2.75, 3.05) is 30.5 Å². The van der Waals surface area contributed by atoms with Gasteiger partial charge >= 0.3 is 0 Å². The molecule has 0 unspecified atom stereocenters. The Kier molecular flexibility index (Phi) is 6.41. The average Bonchev–Trinajstić information content (AvgIpc) is 3.12. The third-order valence-corrected chi connectivity index (χ3v) is 4.74. The lowest BCUT2D eigenvalue weighted by atomic mass is 10.1. The zero-order valence-electron chi connectivity index (χ0n) is 16.0. The minimum absolute atomic E-state index is 0.0591. The second-order valence-electron chi connectivity index (χ2n) is 6.46. The molecule has 28 heavy (non-hydrogen) atoms. The lowest BCUT2D eigenvalue weighted by Gasteiger charge is -2.20. The number of amides is 2. The van der Waals surface area contributed by atoms with Gasteiger partial charge in [-0.3, -0.25) is 9.59 Å². The Labute approximate surface area is 169 Å². The summed E-state index contributed by atoms with van der Waals surface area (Å²) in [5.41, 5.74) is 1.61. The number of nitrogens with zero attached hydrogens (tertiary/aromatic N) is 1. The third kappa shape index (κ3) is 4.22. The van der Waals surface area contributed by atoms with Gasteiger partial charge in [-0.25, -0.2) is 0 Å². The molecule has 1 heterocycles. The summed E-state index contributed by atoms with van der Waals surface area (Å²) in [6.45, 7) is 3.14. The minimum atomic E-state index is -0.346. The van der Waals surface area contributed by atoms with Crippen molar-refractivity contribution in [3.63, 3.8) is 0 Å². The zero-order valence-corrected chi connectivity index (χ0v) is 16.7. The molecule has 0 aromatic heterocycles. The molecular formula is C21H23ClN2O4. The number of anilines is 2. The van der Waals surface area contributed by atoms with Gasteiger partial charge in [-0.15, -0.1) is 0 Å². The highest BCUT2D eigenvalue weighted by molar-refractivity contribution is 6.32. The fourth-order valence-electron chi connectivity index (χ4n) is 3.11. The SMILES string of the molecule is CCCOc1c(Cl)cc(C(=O)Nc2ccccc2N2CCCC2=O)cc1OC. The smallest absolute Gasteiger partial charge is 0.255 e. The van der Waals surface area contributed by atoms with Crippen molar-refractivity contribution in [3.8, 4) is 11.5 Å². The summed E-state index contributed by atoms with van der Waals surface area (Å²) >= 11 is 6.31. The highest BCUT2D eigenvalue weighted by atomic mass is 35.5. The van der Waals surface area contributed by atoms with E-state index in [4.69, 9.17) is 21.1 Å². The molecule has 1 saturated heterocycles. The van der Waals surface area contributed by atoms with E-state index in [1.54, 1.807) is 23.1 Å². The van der Waals surface area contributed by atoms with Gasteiger partial charge in [-0.1, -0.05) is 30.7 Å². The number of benzene rings is 2. The molecule has 1 N–H and O–H groups in total. The first kappa shape index (κ1) is 20.0. The Hall–Kier alpha value is -2.73. The molecule has 2 aromatic carbocycles. The van der Waals surface area contributed by atoms with E-state index in [9.17, 15) is 9.59 Å². The van der Waals surface area contributed by atoms with Gasteiger partial charge in [0.25, 0.3) is 5.91 Å². The number of carbonyl (C=O) groups excluding carboxylic acids is 2. The van der Waals surface area contributed by atoms with Crippen LogP contribution in [0, 0.1) is 0 Å². The summed E-state index contributed by atoms with van der Waals surface area (Å²) < 4.78 is 11.0. The summed E-state index contributed by atoms with van der Waals surface area (Å²) in [5, 5.41) is 3.18. The quantitative estimate of drug-likeness (QED) is 0.739. The molecule has 0 aliphatic carbocycles. The highest BCUT2D eigenvalue weighted by Gasteiger charge is 2.24. The Bertz CT molecular complexity index is 885. The first-order valence-corrected chi connectivity index (χ1v) is 9.64. The van der Waals surface area contributed by atoms with Gasteiger partial charge < -0.3 is 19.7 Å². The summed E-state index contributed by atoms with van der Waals surface area (Å²) in [4.78, 5) is 26.6. The van der Waals surface area contributed by atoms with Gasteiger partial charge in [0.05, 0.1) is 30.1 Å². The molecule has 0 radical (unpaired) electrons. The lowest BCUT2D eigenvalue weighted by Crippen LogP contribution is -2.25. The third-order valence-electron chi connectivity index (χ3n) is 4.46. The number of ether oxygens (including phenoxy) is 2. The van der Waals surface area contributed by atoms with Crippen LogP contribution in [0.2, 0.25) is 5.02 Å². The van der Waals surface area contributed by atoms with E-state index < -0.39 is 0 Å². The maximum absolute atomic E-state index is 12.8. The van der Waals surface area contributed by atoms with E-state index in [-0.39, 0.29) is 11.8 Å². The first-order valence-electron chi connectivity index (χ1n) is 9.26. The molecule has 7 heteroatoms. The standard InChI is InChI=1S/C21H23ClN2O4/c1-3-11-28-20-15(22)12-14(13-18(20)27-2)21(26)23-16-7-4-5-8-17(16)24-10-6-9-19(24)25/h4-5,7-8,12-13H,3,6,9-11H2,1-2H3,(H,23,26). The molecule has 148 valence electrons. The molecule has 1 aliphatic rings. The molecule has 0 bridgehead atoms. The van der Waals surface area contributed by atoms with Crippen LogP contribution in [0.5, 0.6) is 11.5 Å². The van der Waals surface area contributed by atoms with E-state index in [0.717, 1.165) is 12.8 Å². The van der Waals surface area contributed by atoms with Crippen molar-refractivity contribution >= 4 is 34.8 Å². The molecule has 0 spiro atoms. The molecule has 1 aliphatic heterocycles. The van der Waals surface area contributed by atoms with E-state index in [1.807, 2.05) is 25.1 Å². The summed E-state index contributed by atoms with van der Waals surface area (Å²) in [6.07, 6.45) is 2.16. The van der Waals surface area contributed by atoms with Crippen LogP contribution in [0.3, 0.4) is 0 Å². The fourth-order valence-corrected chi connectivity index (χ4v) is 3.37. The summed E-state index contributed by atoms with van der Waals surface area (Å²) in [6, 6.07) is 10.4. The van der Waals surface area contributed by atoms with Crippen LogP contribution in [0.1, 0.15) is 36.5 Å². The Morgan fingerprint density at radius 2 is 2.07 bits per heavy atom. The van der Waals surface area contributed by atoms with Crippen molar-refractivity contribution in [1.82, 2.24) is 0 Å². The number of carbonyl (C=O) groups is 2. The van der Waals surface area contributed by atoms with E-state index in [2.05, 4.69) is 5.32 Å². The molecule has 2 aromatic rings. The molecule has 0 atom stereocenters. The van der Waals surface area contributed by atoms with E-state index in [1.165, 1.54) is 7.11 Å². The highest BCUT2D eigenvalue weighted by Crippen LogP contribution is 2.37. The van der Waals surface area contributed by atoms with Crippen LogP contribution >= 0.6 is 11.6 Å². The first-order chi connectivity index (χ1) is 13.5. The van der Waals surface area contributed by atoms with E-state index >= 15 is 0 Å². The van der Waals surface area contributed by atoms with Crippen molar-refractivity contribution in [1.29, 1.82) is 0 Å². The van der Waals surface area contributed by atoms with Crippen LogP contribution < -0.4 is 19.7 Å². The topological polar surface area (TPSA) is 67.9 Å². The van der Waals surface area contributed by atoms with Gasteiger partial charge in [0.2, 0.25) is 5.91 Å². The Balaban J connectivity index is 1.86. The molecule has 6 nitrogen and oxygen atoms in total. The number of hydrogen-bond acceptors (Lipinski definition) is 4. The predicted octanol–water partition coefficient (Wildman–Crippen LogP) is 4.52. The van der Waals surface area contributed by atoms with Crippen LogP contribution in [-0.4, -0.2) is 32.1 Å². The number of rotatable bonds is 7. The predicted molar refractivity (Wildman–Crippen MR) is 110 cm³/mol. The van der Waals surface area contributed by atoms with Gasteiger partial charge in [-0.05, 0) is 37.1 Å². The van der Waals surface area contributed by atoms with Crippen molar-refractivity contribution < 1.29 is 19.1 Å². The van der Waals surface area contributed by atoms with Gasteiger partial charge in [0.1, 0.15) is 0 Å². The maximum atomic E-state index is 12.8. The number of hydrogen-bond donors (Lipinski definition) is 1. The van der Waals surface area contributed by atoms with Crippen molar-refractivity contribution in [3.05, 3.63) is 47.0 Å². The Morgan fingerprint density at radius 3 is 2.75 bits per heavy atom. The summed E-state index contributed by atoms with van der Waals surface area (Å²) in [7, 11) is 1.50. The fraction of sp³-hybridized carbons (Fsp3) is 0.333. The van der Waals surface area contributed by atoms with Gasteiger partial charge in [0, 0.05) is 18.5 Å². The van der Waals surface area contributed by atoms with Crippen LogP contribution in [0.15, 0.2) is 36.4 Å². The molecule has 2 amide bonds. The second kappa shape index (κ2) is 8.97. The minimum Gasteiger partial charge on any atom is -0.493 e. The van der Waals surface area contributed by atoms with Gasteiger partial charge in [-0.2, -0.15) is 0 Å². The number of para-hydroxylation sites is 2. The lowest BCUT2D eigenvalue weighted by molar-refractivity contribution is -0.117. The molecule has 1 fully saturated rings. The number of methoxy groups -OCH3 is 1. The average molecular weight is 403 g/mol.